The third kappa shape index (κ3) is 8.44. The van der Waals surface area contributed by atoms with Gasteiger partial charge in [0.1, 0.15) is 28.6 Å². The summed E-state index contributed by atoms with van der Waals surface area (Å²) >= 11 is 12.6. The van der Waals surface area contributed by atoms with E-state index in [1.54, 1.807) is 13.8 Å². The van der Waals surface area contributed by atoms with E-state index in [1.165, 1.54) is 32.0 Å². The number of carbonyl (C=O) groups is 2. The molecule has 13 nitrogen and oxygen atoms in total. The molecule has 1 aromatic heterocycles. The second kappa shape index (κ2) is 14.6. The number of nitrogens with one attached hydrogen (secondary N) is 3. The Bertz CT molecular complexity index is 1320. The van der Waals surface area contributed by atoms with Gasteiger partial charge in [-0.1, -0.05) is 37.0 Å². The van der Waals surface area contributed by atoms with Crippen LogP contribution < -0.4 is 26.2 Å². The first-order valence-electron chi connectivity index (χ1n) is 12.8. The lowest BCUT2D eigenvalue weighted by Crippen LogP contribution is -2.69. The Morgan fingerprint density at radius 1 is 1.10 bits per heavy atom. The van der Waals surface area contributed by atoms with Gasteiger partial charge in [0.15, 0.2) is 22.5 Å². The van der Waals surface area contributed by atoms with Crippen molar-refractivity contribution in [1.29, 1.82) is 0 Å². The standard InChI is InChI=1S/C25H35Cl2FN5O8P/c1-7-39-23(35)13(5)31-25(42(29,37)38,32-14(6)24(36)40-8-2)33-22-19(28)18(26)20(21(27)30-22)41-15-9-10-17(34)16(11-15)12(3)4/h9-14,31-32,34H,7-8H2,1-6H3,(H,30,33)(H3,29,37,38). The predicted molar refractivity (Wildman–Crippen MR) is 155 cm³/mol. The number of hydrogen-bond donors (Lipinski definition) is 6. The summed E-state index contributed by atoms with van der Waals surface area (Å²) in [4.78, 5) is 39.4. The molecule has 2 aromatic rings. The fourth-order valence-electron chi connectivity index (χ4n) is 3.67. The van der Waals surface area contributed by atoms with Crippen molar-refractivity contribution in [3.05, 3.63) is 39.8 Å². The van der Waals surface area contributed by atoms with Crippen LogP contribution in [0.2, 0.25) is 10.2 Å². The number of benzene rings is 1. The predicted octanol–water partition coefficient (Wildman–Crippen LogP) is 4.40. The largest absolute Gasteiger partial charge is 0.508 e. The zero-order valence-corrected chi connectivity index (χ0v) is 26.2. The third-order valence-electron chi connectivity index (χ3n) is 5.75. The number of anilines is 1. The number of nitrogens with zero attached hydrogens (tertiary/aromatic N) is 1. The van der Waals surface area contributed by atoms with Gasteiger partial charge in [0.2, 0.25) is 5.53 Å². The molecule has 0 radical (unpaired) electrons. The number of carbonyl (C=O) groups excluding carboxylic acids is 2. The van der Waals surface area contributed by atoms with Crippen LogP contribution in [0, 0.1) is 5.82 Å². The van der Waals surface area contributed by atoms with Gasteiger partial charge in [0.05, 0.1) is 13.2 Å². The molecule has 1 aromatic carbocycles. The molecule has 0 aliphatic rings. The van der Waals surface area contributed by atoms with Crippen LogP contribution >= 0.6 is 30.7 Å². The van der Waals surface area contributed by atoms with Crippen molar-refractivity contribution in [3.63, 3.8) is 0 Å². The molecule has 2 rings (SSSR count). The Hall–Kier alpha value is -2.71. The van der Waals surface area contributed by atoms with Crippen molar-refractivity contribution in [1.82, 2.24) is 15.6 Å². The van der Waals surface area contributed by atoms with Crippen LogP contribution in [0.25, 0.3) is 0 Å². The number of rotatable bonds is 14. The van der Waals surface area contributed by atoms with Crippen LogP contribution in [0.3, 0.4) is 0 Å². The number of pyridine rings is 1. The highest BCUT2D eigenvalue weighted by Crippen LogP contribution is 2.47. The molecule has 17 heteroatoms. The Balaban J connectivity index is 2.62. The van der Waals surface area contributed by atoms with Crippen molar-refractivity contribution >= 4 is 48.5 Å². The van der Waals surface area contributed by atoms with Crippen LogP contribution in [0.5, 0.6) is 17.2 Å². The highest BCUT2D eigenvalue weighted by molar-refractivity contribution is 7.57. The van der Waals surface area contributed by atoms with E-state index in [0.717, 1.165) is 0 Å². The van der Waals surface area contributed by atoms with Crippen molar-refractivity contribution in [2.24, 2.45) is 5.50 Å². The van der Waals surface area contributed by atoms with Gasteiger partial charge in [0.25, 0.3) is 0 Å². The van der Waals surface area contributed by atoms with E-state index in [4.69, 9.17) is 42.9 Å². The zero-order chi connectivity index (χ0) is 32.0. The summed E-state index contributed by atoms with van der Waals surface area (Å²) in [6.45, 7) is 9.32. The van der Waals surface area contributed by atoms with Crippen molar-refractivity contribution in [2.75, 3.05) is 18.5 Å². The van der Waals surface area contributed by atoms with Crippen LogP contribution in [-0.4, -0.2) is 57.7 Å². The summed E-state index contributed by atoms with van der Waals surface area (Å²) in [7, 11) is -5.03. The first-order valence-corrected chi connectivity index (χ1v) is 15.3. The van der Waals surface area contributed by atoms with Crippen molar-refractivity contribution in [3.8, 4) is 17.2 Å². The highest BCUT2D eigenvalue weighted by atomic mass is 35.5. The van der Waals surface area contributed by atoms with Gasteiger partial charge in [-0.05, 0) is 51.8 Å². The summed E-state index contributed by atoms with van der Waals surface area (Å²) in [5.74, 6) is -4.07. The number of nitrogens with two attached hydrogens (primary N) is 1. The van der Waals surface area contributed by atoms with E-state index >= 15 is 4.39 Å². The molecule has 0 saturated carbocycles. The zero-order valence-electron chi connectivity index (χ0n) is 23.8. The lowest BCUT2D eigenvalue weighted by molar-refractivity contribution is -0.145. The minimum atomic E-state index is -5.03. The molecule has 3 atom stereocenters. The van der Waals surface area contributed by atoms with E-state index in [2.05, 4.69) is 20.9 Å². The highest BCUT2D eigenvalue weighted by Gasteiger charge is 2.50. The second-order valence-corrected chi connectivity index (χ2v) is 12.0. The second-order valence-electron chi connectivity index (χ2n) is 9.38. The molecule has 0 aliphatic carbocycles. The lowest BCUT2D eigenvalue weighted by Gasteiger charge is -2.40. The Morgan fingerprint density at radius 2 is 1.62 bits per heavy atom. The average Bonchev–Trinajstić information content (AvgIpc) is 2.89. The number of esters is 2. The molecule has 0 fully saturated rings. The smallest absolute Gasteiger partial charge is 0.322 e. The van der Waals surface area contributed by atoms with Crippen molar-refractivity contribution < 1.29 is 42.8 Å². The summed E-state index contributed by atoms with van der Waals surface area (Å²) < 4.78 is 44.4. The molecule has 0 amide bonds. The molecule has 234 valence electrons. The summed E-state index contributed by atoms with van der Waals surface area (Å²) in [5.41, 5.74) is 3.53. The monoisotopic (exact) mass is 653 g/mol. The first kappa shape index (κ1) is 35.5. The number of aromatic nitrogens is 1. The maximum absolute atomic E-state index is 15.7. The maximum atomic E-state index is 15.7. The summed E-state index contributed by atoms with van der Waals surface area (Å²) in [5, 5.41) is 16.2. The summed E-state index contributed by atoms with van der Waals surface area (Å²) in [6, 6.07) is 1.64. The number of aromatic hydroxyl groups is 1. The number of ether oxygens (including phenoxy) is 3. The van der Waals surface area contributed by atoms with Gasteiger partial charge >= 0.3 is 19.5 Å². The molecular formula is C25H35Cl2FN5O8P. The van der Waals surface area contributed by atoms with Crippen molar-refractivity contribution in [2.45, 2.75) is 65.1 Å². The maximum Gasteiger partial charge on any atom is 0.322 e. The molecule has 0 aliphatic heterocycles. The minimum Gasteiger partial charge on any atom is -0.508 e. The number of phenols is 1. The van der Waals surface area contributed by atoms with Crippen LogP contribution in [0.1, 0.15) is 53.0 Å². The minimum absolute atomic E-state index is 0.0140. The molecule has 3 unspecified atom stereocenters. The molecule has 0 saturated heterocycles. The molecule has 0 bridgehead atoms. The number of phenolic OH excluding ortho intramolecular Hbond substituents is 1. The first-order chi connectivity index (χ1) is 19.5. The van der Waals surface area contributed by atoms with Crippen LogP contribution in [0.4, 0.5) is 10.2 Å². The Labute approximate surface area is 252 Å². The summed E-state index contributed by atoms with van der Waals surface area (Å²) in [6.07, 6.45) is 0. The molecule has 1 heterocycles. The van der Waals surface area contributed by atoms with E-state index in [0.29, 0.717) is 5.56 Å². The normalized spacial score (nSPS) is 15.7. The van der Waals surface area contributed by atoms with E-state index in [1.807, 2.05) is 13.8 Å². The quantitative estimate of drug-likeness (QED) is 0.0727. The van der Waals surface area contributed by atoms with E-state index in [9.17, 15) is 24.2 Å². The fourth-order valence-corrected chi connectivity index (χ4v) is 5.17. The number of halogens is 3. The number of hydrogen-bond acceptors (Lipinski definition) is 11. The molecule has 42 heavy (non-hydrogen) atoms. The molecule has 0 spiro atoms. The average molecular weight is 654 g/mol. The fraction of sp³-hybridized carbons (Fsp3) is 0.480. The van der Waals surface area contributed by atoms with Crippen LogP contribution in [-0.2, 0) is 23.6 Å². The lowest BCUT2D eigenvalue weighted by atomic mass is 10.0. The van der Waals surface area contributed by atoms with Gasteiger partial charge in [0, 0.05) is 5.56 Å². The molecular weight excluding hydrogens is 619 g/mol. The Morgan fingerprint density at radius 3 is 2.07 bits per heavy atom. The van der Waals surface area contributed by atoms with E-state index < -0.39 is 64.6 Å². The SMILES string of the molecule is CCOC(=O)C(C)NC(Nc1nc(Cl)c(Oc2ccc(O)c(C(C)C)c2)c(Cl)c1F)(NC(C)C(=O)OCC)P(N)(=O)O. The van der Waals surface area contributed by atoms with Gasteiger partial charge < -0.3 is 29.5 Å². The third-order valence-corrected chi connectivity index (χ3v) is 7.67. The van der Waals surface area contributed by atoms with Gasteiger partial charge in [-0.3, -0.25) is 30.3 Å². The van der Waals surface area contributed by atoms with Gasteiger partial charge in [-0.2, -0.15) is 0 Å². The Kier molecular flexibility index (Phi) is 12.4. The van der Waals surface area contributed by atoms with Crippen LogP contribution in [0.15, 0.2) is 18.2 Å². The topological polar surface area (TPSA) is 194 Å². The van der Waals surface area contributed by atoms with Gasteiger partial charge in [-0.15, -0.1) is 0 Å². The van der Waals surface area contributed by atoms with E-state index in [-0.39, 0.29) is 30.6 Å². The molecule has 7 N–H and O–H groups in total. The van der Waals surface area contributed by atoms with Gasteiger partial charge in [-0.25, -0.2) is 9.37 Å².